The second-order valence-electron chi connectivity index (χ2n) is 10.5. The zero-order chi connectivity index (χ0) is 28.3. The van der Waals surface area contributed by atoms with E-state index in [2.05, 4.69) is 5.32 Å². The van der Waals surface area contributed by atoms with Crippen LogP contribution in [0.2, 0.25) is 0 Å². The van der Waals surface area contributed by atoms with Crippen LogP contribution in [0.25, 0.3) is 22.2 Å². The Morgan fingerprint density at radius 3 is 2.72 bits per heavy atom. The second-order valence-corrected chi connectivity index (χ2v) is 10.5. The summed E-state index contributed by atoms with van der Waals surface area (Å²) in [5.41, 5.74) is 1.66. The number of nitrogens with one attached hydrogen (secondary N) is 1. The van der Waals surface area contributed by atoms with Crippen LogP contribution in [0, 0.1) is 17.1 Å². The summed E-state index contributed by atoms with van der Waals surface area (Å²) in [4.78, 5) is 38.6. The zero-order valence-electron chi connectivity index (χ0n) is 22.3. The number of amides is 2. The average molecular weight is 539 g/mol. The van der Waals surface area contributed by atoms with Crippen LogP contribution in [0.4, 0.5) is 9.18 Å². The van der Waals surface area contributed by atoms with Gasteiger partial charge in [-0.25, -0.2) is 14.0 Å². The molecule has 39 heavy (non-hydrogen) atoms. The topological polar surface area (TPSA) is 127 Å². The normalized spacial score (nSPS) is 16.8. The first-order chi connectivity index (χ1) is 18.4. The second kappa shape index (κ2) is 11.3. The van der Waals surface area contributed by atoms with Gasteiger partial charge in [-0.3, -0.25) is 9.36 Å². The number of benzene rings is 2. The van der Waals surface area contributed by atoms with Gasteiger partial charge in [-0.2, -0.15) is 5.26 Å². The van der Waals surface area contributed by atoms with E-state index in [1.54, 1.807) is 58.2 Å². The molecular formula is C28H31FN4O6. The van der Waals surface area contributed by atoms with Crippen LogP contribution in [0.15, 0.2) is 45.6 Å². The molecule has 0 spiro atoms. The number of hydrogen-bond acceptors (Lipinski definition) is 7. The fraction of sp³-hybridized carbons (Fsp3) is 0.429. The molecule has 2 heterocycles. The van der Waals surface area contributed by atoms with E-state index in [0.717, 1.165) is 0 Å². The standard InChI is InChI=1S/C28H31FN4O6/c1-28(2,3)39-27(36)33-10-5-11-37-24(16-33)25(34)31-19(15-30)12-17-6-8-20(21(29)13-17)18-7-9-23-22(14-18)32(4)26(35)38-23/h6-9,13-14,19,24H,5,10-12,16H2,1-4H3,(H,31,34)/t19-,24-/m0/s1. The van der Waals surface area contributed by atoms with Crippen molar-refractivity contribution in [3.05, 3.63) is 58.3 Å². The van der Waals surface area contributed by atoms with Crippen molar-refractivity contribution >= 4 is 23.1 Å². The van der Waals surface area contributed by atoms with E-state index in [-0.39, 0.29) is 19.6 Å². The number of ether oxygens (including phenoxy) is 2. The Balaban J connectivity index is 1.43. The molecule has 0 bridgehead atoms. The maximum atomic E-state index is 15.1. The number of rotatable bonds is 5. The maximum absolute atomic E-state index is 15.1. The minimum absolute atomic E-state index is 0.00513. The van der Waals surface area contributed by atoms with Gasteiger partial charge in [0.15, 0.2) is 11.7 Å². The van der Waals surface area contributed by atoms with Crippen molar-refractivity contribution in [2.75, 3.05) is 19.7 Å². The molecule has 1 aliphatic heterocycles. The summed E-state index contributed by atoms with van der Waals surface area (Å²) in [5.74, 6) is -1.55. The number of nitrogens with zero attached hydrogens (tertiary/aromatic N) is 3. The number of oxazole rings is 1. The molecule has 11 heteroatoms. The highest BCUT2D eigenvalue weighted by molar-refractivity contribution is 5.83. The SMILES string of the molecule is Cn1c(=O)oc2ccc(-c3ccc(C[C@@H](C#N)NC(=O)[C@@H]4CN(C(=O)OC(C)(C)C)CCCO4)cc3F)cc21. The molecule has 206 valence electrons. The van der Waals surface area contributed by atoms with Gasteiger partial charge in [0.2, 0.25) is 0 Å². The summed E-state index contributed by atoms with van der Waals surface area (Å²) < 4.78 is 32.6. The fourth-order valence-electron chi connectivity index (χ4n) is 4.32. The molecule has 2 atom stereocenters. The van der Waals surface area contributed by atoms with Crippen molar-refractivity contribution in [2.24, 2.45) is 7.05 Å². The van der Waals surface area contributed by atoms with Gasteiger partial charge in [0.1, 0.15) is 17.5 Å². The third-order valence-electron chi connectivity index (χ3n) is 6.27. The Morgan fingerprint density at radius 2 is 2.03 bits per heavy atom. The predicted molar refractivity (Wildman–Crippen MR) is 140 cm³/mol. The lowest BCUT2D eigenvalue weighted by Gasteiger charge is -2.27. The quantitative estimate of drug-likeness (QED) is 0.527. The summed E-state index contributed by atoms with van der Waals surface area (Å²) in [6, 6.07) is 10.6. The minimum atomic E-state index is -0.969. The van der Waals surface area contributed by atoms with Crippen LogP contribution in [-0.2, 0) is 27.7 Å². The summed E-state index contributed by atoms with van der Waals surface area (Å²) in [5, 5.41) is 12.3. The smallest absolute Gasteiger partial charge is 0.419 e. The first-order valence-electron chi connectivity index (χ1n) is 12.6. The van der Waals surface area contributed by atoms with Crippen LogP contribution in [0.1, 0.15) is 32.8 Å². The molecule has 2 aromatic carbocycles. The van der Waals surface area contributed by atoms with Crippen LogP contribution in [-0.4, -0.2) is 58.9 Å². The Hall–Kier alpha value is -4.17. The minimum Gasteiger partial charge on any atom is -0.444 e. The zero-order valence-corrected chi connectivity index (χ0v) is 22.3. The number of hydrogen-bond donors (Lipinski definition) is 1. The third-order valence-corrected chi connectivity index (χ3v) is 6.27. The lowest BCUT2D eigenvalue weighted by molar-refractivity contribution is -0.133. The molecule has 1 N–H and O–H groups in total. The molecule has 1 aromatic heterocycles. The van der Waals surface area contributed by atoms with Crippen molar-refractivity contribution in [3.63, 3.8) is 0 Å². The van der Waals surface area contributed by atoms with Gasteiger partial charge in [0, 0.05) is 32.2 Å². The van der Waals surface area contributed by atoms with Gasteiger partial charge >= 0.3 is 11.8 Å². The van der Waals surface area contributed by atoms with Gasteiger partial charge in [0.25, 0.3) is 5.91 Å². The van der Waals surface area contributed by atoms with E-state index in [1.165, 1.54) is 15.5 Å². The molecule has 0 radical (unpaired) electrons. The van der Waals surface area contributed by atoms with Crippen LogP contribution >= 0.6 is 0 Å². The number of aromatic nitrogens is 1. The van der Waals surface area contributed by atoms with Gasteiger partial charge in [-0.15, -0.1) is 0 Å². The van der Waals surface area contributed by atoms with E-state index in [0.29, 0.717) is 40.8 Å². The van der Waals surface area contributed by atoms with Crippen LogP contribution < -0.4 is 11.1 Å². The highest BCUT2D eigenvalue weighted by atomic mass is 19.1. The molecule has 3 aromatic rings. The lowest BCUT2D eigenvalue weighted by Crippen LogP contribution is -2.48. The number of fused-ring (bicyclic) bond motifs is 1. The molecule has 2 amide bonds. The highest BCUT2D eigenvalue weighted by Crippen LogP contribution is 2.27. The lowest BCUT2D eigenvalue weighted by atomic mass is 9.99. The number of aryl methyl sites for hydroxylation is 1. The first kappa shape index (κ1) is 27.9. The van der Waals surface area contributed by atoms with Crippen molar-refractivity contribution < 1.29 is 27.9 Å². The van der Waals surface area contributed by atoms with E-state index in [1.807, 2.05) is 6.07 Å². The number of nitriles is 1. The van der Waals surface area contributed by atoms with Gasteiger partial charge in [0.05, 0.1) is 18.1 Å². The monoisotopic (exact) mass is 538 g/mol. The molecule has 1 fully saturated rings. The number of carbonyl (C=O) groups excluding carboxylic acids is 2. The predicted octanol–water partition coefficient (Wildman–Crippen LogP) is 3.51. The molecule has 1 saturated heterocycles. The summed E-state index contributed by atoms with van der Waals surface area (Å²) in [6.07, 6.45) is -0.895. The number of halogens is 1. The highest BCUT2D eigenvalue weighted by Gasteiger charge is 2.31. The molecule has 4 rings (SSSR count). The summed E-state index contributed by atoms with van der Waals surface area (Å²) >= 11 is 0. The number of carbonyl (C=O) groups is 2. The van der Waals surface area contributed by atoms with E-state index in [9.17, 15) is 19.6 Å². The van der Waals surface area contributed by atoms with Crippen molar-refractivity contribution in [3.8, 4) is 17.2 Å². The van der Waals surface area contributed by atoms with Crippen LogP contribution in [0.5, 0.6) is 0 Å². The largest absolute Gasteiger partial charge is 0.444 e. The Kier molecular flexibility index (Phi) is 8.06. The van der Waals surface area contributed by atoms with Crippen LogP contribution in [0.3, 0.4) is 0 Å². The molecule has 0 saturated carbocycles. The summed E-state index contributed by atoms with van der Waals surface area (Å²) in [7, 11) is 1.57. The van der Waals surface area contributed by atoms with Crippen molar-refractivity contribution in [2.45, 2.75) is 51.4 Å². The van der Waals surface area contributed by atoms with E-state index in [4.69, 9.17) is 13.9 Å². The molecule has 10 nitrogen and oxygen atoms in total. The maximum Gasteiger partial charge on any atom is 0.419 e. The van der Waals surface area contributed by atoms with Gasteiger partial charge in [-0.1, -0.05) is 18.2 Å². The molecule has 0 unspecified atom stereocenters. The first-order valence-corrected chi connectivity index (χ1v) is 12.6. The third kappa shape index (κ3) is 6.64. The van der Waals surface area contributed by atoms with Gasteiger partial charge < -0.3 is 24.1 Å². The Morgan fingerprint density at radius 1 is 1.26 bits per heavy atom. The van der Waals surface area contributed by atoms with Crippen molar-refractivity contribution in [1.29, 1.82) is 5.26 Å². The Bertz CT molecular complexity index is 1480. The van der Waals surface area contributed by atoms with Gasteiger partial charge in [-0.05, 0) is 56.5 Å². The fourth-order valence-corrected chi connectivity index (χ4v) is 4.32. The molecule has 1 aliphatic rings. The molecule has 0 aliphatic carbocycles. The van der Waals surface area contributed by atoms with E-state index >= 15 is 4.39 Å². The van der Waals surface area contributed by atoms with E-state index < -0.39 is 41.3 Å². The molecular weight excluding hydrogens is 507 g/mol. The Labute approximate surface area is 224 Å². The van der Waals surface area contributed by atoms with Crippen molar-refractivity contribution in [1.82, 2.24) is 14.8 Å². The average Bonchev–Trinajstić information content (AvgIpc) is 3.03. The summed E-state index contributed by atoms with van der Waals surface area (Å²) in [6.45, 7) is 5.94.